The molecule has 1 saturated carbocycles. The number of nitrogens with zero attached hydrogens (tertiary/aromatic N) is 2. The third-order valence-corrected chi connectivity index (χ3v) is 6.52. The summed E-state index contributed by atoms with van der Waals surface area (Å²) in [4.78, 5) is 4.87. The Labute approximate surface area is 156 Å². The van der Waals surface area contributed by atoms with E-state index in [2.05, 4.69) is 17.1 Å². The van der Waals surface area contributed by atoms with Gasteiger partial charge in [0.05, 0.1) is 4.90 Å². The molecule has 5 nitrogen and oxygen atoms in total. The van der Waals surface area contributed by atoms with Crippen LogP contribution in [0.4, 0.5) is 0 Å². The summed E-state index contributed by atoms with van der Waals surface area (Å²) in [6.07, 6.45) is 11.2. The van der Waals surface area contributed by atoms with Crippen LogP contribution >= 0.6 is 0 Å². The van der Waals surface area contributed by atoms with E-state index in [1.807, 2.05) is 0 Å². The van der Waals surface area contributed by atoms with E-state index in [9.17, 15) is 8.42 Å². The van der Waals surface area contributed by atoms with Crippen molar-refractivity contribution in [3.05, 3.63) is 30.2 Å². The molecule has 26 heavy (non-hydrogen) atoms. The molecule has 1 fully saturated rings. The van der Waals surface area contributed by atoms with E-state index in [-0.39, 0.29) is 0 Å². The van der Waals surface area contributed by atoms with Crippen LogP contribution in [0.5, 0.6) is 0 Å². The summed E-state index contributed by atoms with van der Waals surface area (Å²) in [6, 6.07) is 6.63. The van der Waals surface area contributed by atoms with Gasteiger partial charge in [-0.3, -0.25) is 0 Å². The molecule has 0 amide bonds. The molecule has 1 aromatic heterocycles. The predicted molar refractivity (Wildman–Crippen MR) is 102 cm³/mol. The molecule has 1 aliphatic rings. The molecule has 0 spiro atoms. The Kier molecular flexibility index (Phi) is 6.12. The average molecular weight is 377 g/mol. The fourth-order valence-corrected chi connectivity index (χ4v) is 4.38. The number of hydrogen-bond donors (Lipinski definition) is 0. The van der Waals surface area contributed by atoms with Gasteiger partial charge in [0.2, 0.25) is 11.7 Å². The maximum atomic E-state index is 11.6. The van der Waals surface area contributed by atoms with E-state index in [0.717, 1.165) is 30.2 Å². The third-order valence-electron chi connectivity index (χ3n) is 5.39. The molecular formula is C20H28N2O3S. The number of benzene rings is 1. The molecule has 1 aromatic carbocycles. The third kappa shape index (κ3) is 4.72. The fourth-order valence-electron chi connectivity index (χ4n) is 3.75. The second kappa shape index (κ2) is 8.33. The molecule has 1 heterocycles. The SMILES string of the molecule is CCCCCC1CCC(c2nc(-c3ccc(S(C)(=O)=O)cc3)no2)CC1. The van der Waals surface area contributed by atoms with Crippen LogP contribution in [0.3, 0.4) is 0 Å². The van der Waals surface area contributed by atoms with Crippen LogP contribution in [0.2, 0.25) is 0 Å². The number of sulfone groups is 1. The van der Waals surface area contributed by atoms with Crippen molar-refractivity contribution in [2.24, 2.45) is 5.92 Å². The quantitative estimate of drug-likeness (QED) is 0.636. The van der Waals surface area contributed by atoms with Crippen LogP contribution in [-0.4, -0.2) is 24.8 Å². The van der Waals surface area contributed by atoms with Crippen LogP contribution in [-0.2, 0) is 9.84 Å². The number of aromatic nitrogens is 2. The fraction of sp³-hybridized carbons (Fsp3) is 0.600. The summed E-state index contributed by atoms with van der Waals surface area (Å²) >= 11 is 0. The Morgan fingerprint density at radius 2 is 1.77 bits per heavy atom. The Bertz CT molecular complexity index is 804. The predicted octanol–water partition coefficient (Wildman–Crippen LogP) is 4.99. The van der Waals surface area contributed by atoms with Gasteiger partial charge in [0.15, 0.2) is 9.84 Å². The summed E-state index contributed by atoms with van der Waals surface area (Å²) in [6.45, 7) is 2.25. The van der Waals surface area contributed by atoms with Gasteiger partial charge in [-0.2, -0.15) is 4.98 Å². The molecule has 6 heteroatoms. The zero-order valence-corrected chi connectivity index (χ0v) is 16.5. The minimum absolute atomic E-state index is 0.298. The van der Waals surface area contributed by atoms with Crippen LogP contribution in [0.25, 0.3) is 11.4 Å². The summed E-state index contributed by atoms with van der Waals surface area (Å²) in [5.74, 6) is 2.46. The van der Waals surface area contributed by atoms with Crippen molar-refractivity contribution in [2.45, 2.75) is 69.1 Å². The molecule has 0 bridgehead atoms. The minimum Gasteiger partial charge on any atom is -0.339 e. The molecule has 3 rings (SSSR count). The molecule has 1 aliphatic carbocycles. The monoisotopic (exact) mass is 376 g/mol. The second-order valence-electron chi connectivity index (χ2n) is 7.47. The van der Waals surface area contributed by atoms with Crippen LogP contribution in [0.1, 0.15) is 70.1 Å². The van der Waals surface area contributed by atoms with Crippen LogP contribution < -0.4 is 0 Å². The first-order valence-electron chi connectivity index (χ1n) is 9.61. The number of rotatable bonds is 7. The van der Waals surface area contributed by atoms with Gasteiger partial charge in [-0.05, 0) is 55.9 Å². The summed E-state index contributed by atoms with van der Waals surface area (Å²) in [5.41, 5.74) is 0.778. The van der Waals surface area contributed by atoms with Crippen LogP contribution in [0.15, 0.2) is 33.7 Å². The maximum absolute atomic E-state index is 11.6. The van der Waals surface area contributed by atoms with E-state index >= 15 is 0 Å². The van der Waals surface area contributed by atoms with Gasteiger partial charge in [0, 0.05) is 17.7 Å². The molecule has 2 aromatic rings. The Morgan fingerprint density at radius 1 is 1.08 bits per heavy atom. The van der Waals surface area contributed by atoms with Gasteiger partial charge in [-0.25, -0.2) is 8.42 Å². The van der Waals surface area contributed by atoms with Crippen molar-refractivity contribution in [2.75, 3.05) is 6.26 Å². The smallest absolute Gasteiger partial charge is 0.230 e. The van der Waals surface area contributed by atoms with Crippen LogP contribution in [0, 0.1) is 5.92 Å². The van der Waals surface area contributed by atoms with E-state index in [4.69, 9.17) is 4.52 Å². The summed E-state index contributed by atoms with van der Waals surface area (Å²) in [5, 5.41) is 4.10. The Morgan fingerprint density at radius 3 is 2.38 bits per heavy atom. The zero-order valence-electron chi connectivity index (χ0n) is 15.6. The van der Waals surface area contributed by atoms with E-state index in [1.54, 1.807) is 24.3 Å². The summed E-state index contributed by atoms with van der Waals surface area (Å²) < 4.78 is 28.6. The van der Waals surface area contributed by atoms with Gasteiger partial charge >= 0.3 is 0 Å². The molecule has 0 unspecified atom stereocenters. The highest BCUT2D eigenvalue weighted by molar-refractivity contribution is 7.90. The molecule has 142 valence electrons. The minimum atomic E-state index is -3.19. The van der Waals surface area contributed by atoms with E-state index in [1.165, 1.54) is 44.8 Å². The molecule has 0 radical (unpaired) electrons. The lowest BCUT2D eigenvalue weighted by Gasteiger charge is -2.26. The molecule has 0 aliphatic heterocycles. The van der Waals surface area contributed by atoms with Crippen molar-refractivity contribution in [1.82, 2.24) is 10.1 Å². The van der Waals surface area contributed by atoms with Gasteiger partial charge in [-0.1, -0.05) is 37.8 Å². The lowest BCUT2D eigenvalue weighted by Crippen LogP contribution is -2.13. The number of unbranched alkanes of at least 4 members (excludes halogenated alkanes) is 2. The molecule has 0 atom stereocenters. The first-order valence-corrected chi connectivity index (χ1v) is 11.5. The van der Waals surface area contributed by atoms with E-state index in [0.29, 0.717) is 16.6 Å². The van der Waals surface area contributed by atoms with Gasteiger partial charge in [0.1, 0.15) is 0 Å². The van der Waals surface area contributed by atoms with Gasteiger partial charge in [-0.15, -0.1) is 0 Å². The standard InChI is InChI=1S/C20H28N2O3S/c1-3-4-5-6-15-7-9-17(10-8-15)20-21-19(22-25-20)16-11-13-18(14-12-16)26(2,23)24/h11-15,17H,3-10H2,1-2H3. The van der Waals surface area contributed by atoms with Gasteiger partial charge < -0.3 is 4.52 Å². The van der Waals surface area contributed by atoms with Crippen molar-refractivity contribution >= 4 is 9.84 Å². The average Bonchev–Trinajstić information content (AvgIpc) is 3.12. The van der Waals surface area contributed by atoms with Crippen molar-refractivity contribution in [1.29, 1.82) is 0 Å². The zero-order chi connectivity index (χ0) is 18.6. The molecule has 0 N–H and O–H groups in total. The van der Waals surface area contributed by atoms with Gasteiger partial charge in [0.25, 0.3) is 0 Å². The normalized spacial score (nSPS) is 21.0. The second-order valence-corrected chi connectivity index (χ2v) is 9.48. The van der Waals surface area contributed by atoms with Crippen molar-refractivity contribution in [3.8, 4) is 11.4 Å². The Hall–Kier alpha value is -1.69. The first-order chi connectivity index (χ1) is 12.5. The first kappa shape index (κ1) is 19.1. The summed E-state index contributed by atoms with van der Waals surface area (Å²) in [7, 11) is -3.19. The topological polar surface area (TPSA) is 73.1 Å². The lowest BCUT2D eigenvalue weighted by atomic mass is 9.79. The van der Waals surface area contributed by atoms with Crippen molar-refractivity contribution in [3.63, 3.8) is 0 Å². The lowest BCUT2D eigenvalue weighted by molar-refractivity contribution is 0.259. The number of hydrogen-bond acceptors (Lipinski definition) is 5. The largest absolute Gasteiger partial charge is 0.339 e. The molecule has 0 saturated heterocycles. The van der Waals surface area contributed by atoms with Crippen molar-refractivity contribution < 1.29 is 12.9 Å². The highest BCUT2D eigenvalue weighted by Crippen LogP contribution is 2.37. The van der Waals surface area contributed by atoms with E-state index < -0.39 is 9.84 Å². The highest BCUT2D eigenvalue weighted by Gasteiger charge is 2.26. The maximum Gasteiger partial charge on any atom is 0.230 e. The highest BCUT2D eigenvalue weighted by atomic mass is 32.2. The molecular weight excluding hydrogens is 348 g/mol. The Balaban J connectivity index is 1.60.